The van der Waals surface area contributed by atoms with Crippen LogP contribution in [-0.2, 0) is 0 Å². The second-order valence-electron chi connectivity index (χ2n) is 3.36. The second kappa shape index (κ2) is 4.18. The van der Waals surface area contributed by atoms with Crippen LogP contribution in [0.15, 0.2) is 36.7 Å². The number of nitrogen functional groups attached to an aromatic ring is 1. The average molecular weight is 218 g/mol. The van der Waals surface area contributed by atoms with Gasteiger partial charge in [-0.15, -0.1) is 0 Å². The molecule has 0 unspecified atom stereocenters. The normalized spacial score (nSPS) is 10.1. The van der Waals surface area contributed by atoms with Crippen LogP contribution in [0, 0.1) is 0 Å². The van der Waals surface area contributed by atoms with E-state index >= 15 is 0 Å². The molecule has 0 saturated carbocycles. The molecule has 0 aliphatic rings. The largest absolute Gasteiger partial charge is 0.495 e. The fourth-order valence-electron chi connectivity index (χ4n) is 1.60. The molecule has 4 nitrogen and oxygen atoms in total. The minimum atomic E-state index is 0.565. The molecule has 1 aromatic heterocycles. The van der Waals surface area contributed by atoms with Gasteiger partial charge in [0.25, 0.3) is 0 Å². The van der Waals surface area contributed by atoms with E-state index in [9.17, 15) is 0 Å². The monoisotopic (exact) mass is 218 g/mol. The molecule has 1 heterocycles. The SMILES string of the molecule is COc1cc(-n2cccc2)c(OC)cc1N. The minimum Gasteiger partial charge on any atom is -0.495 e. The van der Waals surface area contributed by atoms with Gasteiger partial charge in [-0.3, -0.25) is 0 Å². The van der Waals surface area contributed by atoms with E-state index in [4.69, 9.17) is 15.2 Å². The number of ether oxygens (including phenoxy) is 2. The molecule has 0 atom stereocenters. The molecule has 0 bridgehead atoms. The molecule has 2 aromatic rings. The van der Waals surface area contributed by atoms with Crippen molar-refractivity contribution in [1.29, 1.82) is 0 Å². The van der Waals surface area contributed by atoms with E-state index < -0.39 is 0 Å². The van der Waals surface area contributed by atoms with Crippen molar-refractivity contribution in [3.05, 3.63) is 36.7 Å². The second-order valence-corrected chi connectivity index (χ2v) is 3.36. The van der Waals surface area contributed by atoms with Gasteiger partial charge in [0.1, 0.15) is 11.5 Å². The summed E-state index contributed by atoms with van der Waals surface area (Å²) in [5, 5.41) is 0. The van der Waals surface area contributed by atoms with Gasteiger partial charge in [-0.1, -0.05) is 0 Å². The molecule has 0 fully saturated rings. The molecular formula is C12H14N2O2. The molecular weight excluding hydrogens is 204 g/mol. The molecule has 1 aromatic carbocycles. The molecule has 84 valence electrons. The predicted octanol–water partition coefficient (Wildman–Crippen LogP) is 2.08. The number of nitrogens with two attached hydrogens (primary N) is 1. The number of hydrogen-bond donors (Lipinski definition) is 1. The van der Waals surface area contributed by atoms with Gasteiger partial charge in [0.15, 0.2) is 0 Å². The van der Waals surface area contributed by atoms with Crippen molar-refractivity contribution in [2.45, 2.75) is 0 Å². The summed E-state index contributed by atoms with van der Waals surface area (Å²) in [6.07, 6.45) is 3.88. The first kappa shape index (κ1) is 10.4. The molecule has 0 saturated heterocycles. The van der Waals surface area contributed by atoms with Crippen molar-refractivity contribution in [3.8, 4) is 17.2 Å². The Morgan fingerprint density at radius 1 is 1.00 bits per heavy atom. The van der Waals surface area contributed by atoms with Crippen LogP contribution >= 0.6 is 0 Å². The van der Waals surface area contributed by atoms with Crippen LogP contribution < -0.4 is 15.2 Å². The predicted molar refractivity (Wildman–Crippen MR) is 63.3 cm³/mol. The van der Waals surface area contributed by atoms with E-state index in [1.54, 1.807) is 20.3 Å². The summed E-state index contributed by atoms with van der Waals surface area (Å²) in [5.41, 5.74) is 7.28. The van der Waals surface area contributed by atoms with E-state index in [1.165, 1.54) is 0 Å². The summed E-state index contributed by atoms with van der Waals surface area (Å²) >= 11 is 0. The van der Waals surface area contributed by atoms with Crippen LogP contribution in [-0.4, -0.2) is 18.8 Å². The summed E-state index contributed by atoms with van der Waals surface area (Å²) in [6, 6.07) is 7.51. The zero-order chi connectivity index (χ0) is 11.5. The number of rotatable bonds is 3. The Morgan fingerprint density at radius 2 is 1.62 bits per heavy atom. The number of aromatic nitrogens is 1. The average Bonchev–Trinajstić information content (AvgIpc) is 2.82. The lowest BCUT2D eigenvalue weighted by molar-refractivity contribution is 0.403. The lowest BCUT2D eigenvalue weighted by Gasteiger charge is -2.13. The molecule has 0 spiro atoms. The van der Waals surface area contributed by atoms with Crippen molar-refractivity contribution in [3.63, 3.8) is 0 Å². The Bertz CT molecular complexity index is 478. The smallest absolute Gasteiger partial charge is 0.145 e. The van der Waals surface area contributed by atoms with E-state index in [0.717, 1.165) is 11.4 Å². The highest BCUT2D eigenvalue weighted by Gasteiger charge is 2.09. The van der Waals surface area contributed by atoms with Gasteiger partial charge in [0, 0.05) is 24.5 Å². The number of methoxy groups -OCH3 is 2. The summed E-state index contributed by atoms with van der Waals surface area (Å²) < 4.78 is 12.4. The first-order chi connectivity index (χ1) is 7.76. The van der Waals surface area contributed by atoms with Gasteiger partial charge in [-0.25, -0.2) is 0 Å². The van der Waals surface area contributed by atoms with Crippen LogP contribution in [0.4, 0.5) is 5.69 Å². The summed E-state index contributed by atoms with van der Waals surface area (Å²) in [6.45, 7) is 0. The summed E-state index contributed by atoms with van der Waals surface area (Å²) in [5.74, 6) is 1.36. The van der Waals surface area contributed by atoms with E-state index in [-0.39, 0.29) is 0 Å². The summed E-state index contributed by atoms with van der Waals surface area (Å²) in [7, 11) is 3.21. The number of benzene rings is 1. The van der Waals surface area contributed by atoms with Gasteiger partial charge in [0.2, 0.25) is 0 Å². The van der Waals surface area contributed by atoms with Crippen molar-refractivity contribution >= 4 is 5.69 Å². The van der Waals surface area contributed by atoms with Crippen molar-refractivity contribution in [1.82, 2.24) is 4.57 Å². The molecule has 0 aliphatic carbocycles. The van der Waals surface area contributed by atoms with E-state index in [1.807, 2.05) is 35.2 Å². The van der Waals surface area contributed by atoms with Crippen molar-refractivity contribution in [2.24, 2.45) is 0 Å². The fraction of sp³-hybridized carbons (Fsp3) is 0.167. The minimum absolute atomic E-state index is 0.565. The zero-order valence-electron chi connectivity index (χ0n) is 9.31. The van der Waals surface area contributed by atoms with Gasteiger partial charge in [-0.2, -0.15) is 0 Å². The fourth-order valence-corrected chi connectivity index (χ4v) is 1.60. The third-order valence-electron chi connectivity index (χ3n) is 2.41. The number of nitrogens with zero attached hydrogens (tertiary/aromatic N) is 1. The van der Waals surface area contributed by atoms with Gasteiger partial charge < -0.3 is 19.8 Å². The summed E-state index contributed by atoms with van der Waals surface area (Å²) in [4.78, 5) is 0. The Balaban J connectivity index is 2.58. The van der Waals surface area contributed by atoms with Crippen LogP contribution in [0.5, 0.6) is 11.5 Å². The lowest BCUT2D eigenvalue weighted by Crippen LogP contribution is -1.99. The number of hydrogen-bond acceptors (Lipinski definition) is 3. The Labute approximate surface area is 94.2 Å². The van der Waals surface area contributed by atoms with Crippen LogP contribution in [0.2, 0.25) is 0 Å². The third-order valence-corrected chi connectivity index (χ3v) is 2.41. The maximum atomic E-state index is 5.82. The van der Waals surface area contributed by atoms with Gasteiger partial charge in [0.05, 0.1) is 25.6 Å². The van der Waals surface area contributed by atoms with E-state index in [0.29, 0.717) is 11.4 Å². The Hall–Kier alpha value is -2.10. The highest BCUT2D eigenvalue weighted by atomic mass is 16.5. The molecule has 2 rings (SSSR count). The van der Waals surface area contributed by atoms with Gasteiger partial charge in [-0.05, 0) is 12.1 Å². The van der Waals surface area contributed by atoms with Gasteiger partial charge >= 0.3 is 0 Å². The maximum absolute atomic E-state index is 5.82. The first-order valence-electron chi connectivity index (χ1n) is 4.91. The Morgan fingerprint density at radius 3 is 2.19 bits per heavy atom. The Kier molecular flexibility index (Phi) is 2.72. The molecule has 16 heavy (non-hydrogen) atoms. The molecule has 0 radical (unpaired) electrons. The zero-order valence-corrected chi connectivity index (χ0v) is 9.31. The number of anilines is 1. The van der Waals surface area contributed by atoms with Crippen molar-refractivity contribution in [2.75, 3.05) is 20.0 Å². The van der Waals surface area contributed by atoms with Crippen LogP contribution in [0.1, 0.15) is 0 Å². The highest BCUT2D eigenvalue weighted by Crippen LogP contribution is 2.33. The topological polar surface area (TPSA) is 49.4 Å². The highest BCUT2D eigenvalue weighted by molar-refractivity contribution is 5.64. The standard InChI is InChI=1S/C12H14N2O2/c1-15-11-8-10(14-5-3-4-6-14)12(16-2)7-9(11)13/h3-8H,13H2,1-2H3. The van der Waals surface area contributed by atoms with Crippen LogP contribution in [0.3, 0.4) is 0 Å². The van der Waals surface area contributed by atoms with Crippen LogP contribution in [0.25, 0.3) is 5.69 Å². The third kappa shape index (κ3) is 1.69. The molecule has 4 heteroatoms. The first-order valence-corrected chi connectivity index (χ1v) is 4.91. The molecule has 0 aliphatic heterocycles. The lowest BCUT2D eigenvalue weighted by atomic mass is 10.2. The van der Waals surface area contributed by atoms with Crippen molar-refractivity contribution < 1.29 is 9.47 Å². The van der Waals surface area contributed by atoms with E-state index in [2.05, 4.69) is 0 Å². The molecule has 2 N–H and O–H groups in total. The quantitative estimate of drug-likeness (QED) is 0.802. The maximum Gasteiger partial charge on any atom is 0.145 e. The molecule has 0 amide bonds.